The van der Waals surface area contributed by atoms with Crippen molar-refractivity contribution in [3.63, 3.8) is 0 Å². The smallest absolute Gasteiger partial charge is 0.293 e. The molecule has 1 aliphatic heterocycles. The van der Waals surface area contributed by atoms with E-state index in [0.29, 0.717) is 11.5 Å². The number of hydrogen-bond donors (Lipinski definition) is 1. The number of benzene rings is 1. The number of aromatic nitrogens is 1. The Balaban J connectivity index is 1.85. The zero-order valence-electron chi connectivity index (χ0n) is 12.7. The molecule has 1 saturated heterocycles. The molecule has 24 heavy (non-hydrogen) atoms. The van der Waals surface area contributed by atoms with E-state index in [-0.39, 0.29) is 11.3 Å². The third-order valence-corrected chi connectivity index (χ3v) is 4.49. The SMILES string of the molecule is O=C(Nc1ccc(I)cn1)c1ccc(N2CCCC2)c([N+](=O)[O-])c1. The number of carbonyl (C=O) groups excluding carboxylic acids is 1. The highest BCUT2D eigenvalue weighted by atomic mass is 127. The van der Waals surface area contributed by atoms with E-state index in [1.54, 1.807) is 24.4 Å². The van der Waals surface area contributed by atoms with Crippen LogP contribution in [-0.2, 0) is 0 Å². The first kappa shape index (κ1) is 16.6. The maximum Gasteiger partial charge on any atom is 0.293 e. The molecule has 0 radical (unpaired) electrons. The molecule has 1 aromatic carbocycles. The molecular weight excluding hydrogens is 423 g/mol. The largest absolute Gasteiger partial charge is 0.366 e. The maximum atomic E-state index is 12.3. The van der Waals surface area contributed by atoms with Gasteiger partial charge in [0.15, 0.2) is 0 Å². The van der Waals surface area contributed by atoms with Crippen LogP contribution in [0.2, 0.25) is 0 Å². The van der Waals surface area contributed by atoms with E-state index in [1.165, 1.54) is 6.07 Å². The molecule has 0 spiro atoms. The van der Waals surface area contributed by atoms with Gasteiger partial charge in [0.1, 0.15) is 11.5 Å². The lowest BCUT2D eigenvalue weighted by atomic mass is 10.1. The van der Waals surface area contributed by atoms with Crippen LogP contribution in [0.5, 0.6) is 0 Å². The van der Waals surface area contributed by atoms with Crippen LogP contribution in [0.3, 0.4) is 0 Å². The van der Waals surface area contributed by atoms with E-state index in [2.05, 4.69) is 32.9 Å². The standard InChI is InChI=1S/C16H15IN4O3/c17-12-4-6-15(18-10-12)19-16(22)11-3-5-13(14(9-11)21(23)24)20-7-1-2-8-20/h3-6,9-10H,1-2,7-8H2,(H,18,19,22). The summed E-state index contributed by atoms with van der Waals surface area (Å²) in [5.41, 5.74) is 0.770. The average Bonchev–Trinajstić information content (AvgIpc) is 3.10. The number of hydrogen-bond acceptors (Lipinski definition) is 5. The molecule has 0 saturated carbocycles. The molecular formula is C16H15IN4O3. The Labute approximate surface area is 152 Å². The molecule has 1 aliphatic rings. The first-order valence-electron chi connectivity index (χ1n) is 7.51. The third-order valence-electron chi connectivity index (χ3n) is 3.85. The van der Waals surface area contributed by atoms with Gasteiger partial charge in [0, 0.05) is 34.5 Å². The number of anilines is 2. The van der Waals surface area contributed by atoms with Gasteiger partial charge < -0.3 is 10.2 Å². The molecule has 1 fully saturated rings. The van der Waals surface area contributed by atoms with Crippen molar-refractivity contribution in [2.75, 3.05) is 23.3 Å². The van der Waals surface area contributed by atoms with Crippen LogP contribution in [0, 0.1) is 13.7 Å². The predicted molar refractivity (Wildman–Crippen MR) is 99.5 cm³/mol. The zero-order valence-corrected chi connectivity index (χ0v) is 14.9. The molecule has 7 nitrogen and oxygen atoms in total. The second-order valence-electron chi connectivity index (χ2n) is 5.47. The highest BCUT2D eigenvalue weighted by Crippen LogP contribution is 2.31. The molecule has 8 heteroatoms. The Hall–Kier alpha value is -2.23. The summed E-state index contributed by atoms with van der Waals surface area (Å²) < 4.78 is 0.955. The summed E-state index contributed by atoms with van der Waals surface area (Å²) in [7, 11) is 0. The van der Waals surface area contributed by atoms with E-state index in [4.69, 9.17) is 0 Å². The van der Waals surface area contributed by atoms with Crippen molar-refractivity contribution in [2.45, 2.75) is 12.8 Å². The number of nitrogens with one attached hydrogen (secondary N) is 1. The maximum absolute atomic E-state index is 12.3. The zero-order chi connectivity index (χ0) is 17.1. The Bertz CT molecular complexity index is 773. The lowest BCUT2D eigenvalue weighted by Crippen LogP contribution is -2.20. The van der Waals surface area contributed by atoms with Gasteiger partial charge in [-0.1, -0.05) is 0 Å². The molecule has 0 unspecified atom stereocenters. The fourth-order valence-corrected chi connectivity index (χ4v) is 2.99. The topological polar surface area (TPSA) is 88.4 Å². The van der Waals surface area contributed by atoms with Gasteiger partial charge in [-0.05, 0) is 59.7 Å². The van der Waals surface area contributed by atoms with Gasteiger partial charge in [0.05, 0.1) is 4.92 Å². The van der Waals surface area contributed by atoms with Gasteiger partial charge in [-0.25, -0.2) is 4.98 Å². The number of nitro benzene ring substituents is 1. The molecule has 1 amide bonds. The third kappa shape index (κ3) is 3.64. The van der Waals surface area contributed by atoms with Crippen molar-refractivity contribution >= 4 is 45.7 Å². The van der Waals surface area contributed by atoms with Gasteiger partial charge in [-0.2, -0.15) is 0 Å². The van der Waals surface area contributed by atoms with Gasteiger partial charge in [0.2, 0.25) is 0 Å². The number of nitrogens with zero attached hydrogens (tertiary/aromatic N) is 3. The summed E-state index contributed by atoms with van der Waals surface area (Å²) in [4.78, 5) is 29.4. The lowest BCUT2D eigenvalue weighted by Gasteiger charge is -2.17. The first-order chi connectivity index (χ1) is 11.5. The summed E-state index contributed by atoms with van der Waals surface area (Å²) in [6.45, 7) is 1.61. The van der Waals surface area contributed by atoms with E-state index in [0.717, 1.165) is 29.5 Å². The Morgan fingerprint density at radius 3 is 2.62 bits per heavy atom. The van der Waals surface area contributed by atoms with Gasteiger partial charge >= 0.3 is 0 Å². The molecule has 0 bridgehead atoms. The van der Waals surface area contributed by atoms with Gasteiger partial charge in [0.25, 0.3) is 11.6 Å². The minimum absolute atomic E-state index is 0.0416. The molecule has 2 aromatic rings. The summed E-state index contributed by atoms with van der Waals surface area (Å²) in [5.74, 6) is -0.00790. The van der Waals surface area contributed by atoms with Gasteiger partial charge in [-0.15, -0.1) is 0 Å². The monoisotopic (exact) mass is 438 g/mol. The fraction of sp³-hybridized carbons (Fsp3) is 0.250. The van der Waals surface area contributed by atoms with Crippen LogP contribution < -0.4 is 10.2 Å². The fourth-order valence-electron chi connectivity index (χ4n) is 2.67. The van der Waals surface area contributed by atoms with Crippen LogP contribution in [0.15, 0.2) is 36.5 Å². The van der Waals surface area contributed by atoms with E-state index in [9.17, 15) is 14.9 Å². The van der Waals surface area contributed by atoms with E-state index in [1.807, 2.05) is 11.0 Å². The summed E-state index contributed by atoms with van der Waals surface area (Å²) in [5, 5.41) is 14.0. The number of amides is 1. The Morgan fingerprint density at radius 2 is 2.00 bits per heavy atom. The first-order valence-corrected chi connectivity index (χ1v) is 8.59. The summed E-state index contributed by atoms with van der Waals surface area (Å²) >= 11 is 2.12. The second-order valence-corrected chi connectivity index (χ2v) is 6.72. The minimum atomic E-state index is -0.437. The number of rotatable bonds is 4. The molecule has 0 aliphatic carbocycles. The average molecular weight is 438 g/mol. The van der Waals surface area contributed by atoms with Gasteiger partial charge in [-0.3, -0.25) is 14.9 Å². The van der Waals surface area contributed by atoms with Crippen molar-refractivity contribution in [1.82, 2.24) is 4.98 Å². The Morgan fingerprint density at radius 1 is 1.25 bits per heavy atom. The van der Waals surface area contributed by atoms with E-state index >= 15 is 0 Å². The van der Waals surface area contributed by atoms with Crippen LogP contribution in [-0.4, -0.2) is 28.9 Å². The number of pyridine rings is 1. The van der Waals surface area contributed by atoms with Crippen LogP contribution >= 0.6 is 22.6 Å². The van der Waals surface area contributed by atoms with Crippen molar-refractivity contribution in [3.05, 3.63) is 55.8 Å². The molecule has 1 aromatic heterocycles. The van der Waals surface area contributed by atoms with Crippen molar-refractivity contribution in [2.24, 2.45) is 0 Å². The molecule has 124 valence electrons. The summed E-state index contributed by atoms with van der Waals surface area (Å²) in [6.07, 6.45) is 3.69. The van der Waals surface area contributed by atoms with Crippen LogP contribution in [0.1, 0.15) is 23.2 Å². The number of carbonyl (C=O) groups is 1. The second kappa shape index (κ2) is 7.12. The van der Waals surface area contributed by atoms with Crippen LogP contribution in [0.25, 0.3) is 0 Å². The van der Waals surface area contributed by atoms with Crippen molar-refractivity contribution in [1.29, 1.82) is 0 Å². The molecule has 3 rings (SSSR count). The van der Waals surface area contributed by atoms with Crippen molar-refractivity contribution < 1.29 is 9.72 Å². The van der Waals surface area contributed by atoms with E-state index < -0.39 is 10.8 Å². The minimum Gasteiger partial charge on any atom is -0.366 e. The quantitative estimate of drug-likeness (QED) is 0.449. The lowest BCUT2D eigenvalue weighted by molar-refractivity contribution is -0.384. The summed E-state index contributed by atoms with van der Waals surface area (Å²) in [6, 6.07) is 8.10. The highest BCUT2D eigenvalue weighted by Gasteiger charge is 2.23. The number of halogens is 1. The highest BCUT2D eigenvalue weighted by molar-refractivity contribution is 14.1. The number of nitro groups is 1. The van der Waals surface area contributed by atoms with Crippen LogP contribution in [0.4, 0.5) is 17.2 Å². The normalized spacial score (nSPS) is 13.8. The Kier molecular flexibility index (Phi) is 4.93. The molecule has 0 atom stereocenters. The predicted octanol–water partition coefficient (Wildman–Crippen LogP) is 3.45. The molecule has 1 N–H and O–H groups in total. The molecule has 2 heterocycles. The van der Waals surface area contributed by atoms with Crippen molar-refractivity contribution in [3.8, 4) is 0 Å².